The predicted molar refractivity (Wildman–Crippen MR) is 69.0 cm³/mol. The summed E-state index contributed by atoms with van der Waals surface area (Å²) in [5.41, 5.74) is 7.88. The molecule has 0 aromatic heterocycles. The highest BCUT2D eigenvalue weighted by molar-refractivity contribution is 7.54. The second kappa shape index (κ2) is 6.31. The van der Waals surface area contributed by atoms with Gasteiger partial charge in [0, 0.05) is 0 Å². The Balaban J connectivity index is 2.95. The molecule has 5 heteroatoms. The van der Waals surface area contributed by atoms with E-state index in [-0.39, 0.29) is 0 Å². The van der Waals surface area contributed by atoms with Crippen molar-refractivity contribution in [2.45, 2.75) is 26.6 Å². The van der Waals surface area contributed by atoms with Crippen molar-refractivity contribution in [2.24, 2.45) is 5.73 Å². The molecule has 2 N–H and O–H groups in total. The first-order valence-electron chi connectivity index (χ1n) is 5.74. The van der Waals surface area contributed by atoms with Gasteiger partial charge >= 0.3 is 7.60 Å². The fourth-order valence-corrected chi connectivity index (χ4v) is 3.16. The van der Waals surface area contributed by atoms with E-state index in [2.05, 4.69) is 0 Å². The number of benzene rings is 1. The summed E-state index contributed by atoms with van der Waals surface area (Å²) in [7, 11) is -3.27. The Morgan fingerprint density at radius 2 is 1.65 bits per heavy atom. The molecule has 17 heavy (non-hydrogen) atoms. The molecule has 0 aliphatic carbocycles. The Bertz CT molecular complexity index is 381. The van der Waals surface area contributed by atoms with Gasteiger partial charge in [0.1, 0.15) is 5.78 Å². The van der Waals surface area contributed by atoms with E-state index in [1.54, 1.807) is 13.8 Å². The van der Waals surface area contributed by atoms with Crippen LogP contribution in [0.15, 0.2) is 24.3 Å². The minimum Gasteiger partial charge on any atom is -0.314 e. The third-order valence-corrected chi connectivity index (χ3v) is 4.59. The molecule has 1 atom stereocenters. The van der Waals surface area contributed by atoms with Gasteiger partial charge in [-0.25, -0.2) is 0 Å². The molecule has 0 amide bonds. The van der Waals surface area contributed by atoms with Crippen LogP contribution in [0.1, 0.15) is 30.8 Å². The summed E-state index contributed by atoms with van der Waals surface area (Å²) < 4.78 is 22.9. The zero-order chi connectivity index (χ0) is 12.9. The van der Waals surface area contributed by atoms with Crippen LogP contribution in [0.25, 0.3) is 0 Å². The lowest BCUT2D eigenvalue weighted by molar-refractivity contribution is 0.212. The second-order valence-electron chi connectivity index (χ2n) is 3.73. The smallest absolute Gasteiger partial charge is 0.314 e. The second-order valence-corrected chi connectivity index (χ2v) is 5.88. The van der Waals surface area contributed by atoms with Gasteiger partial charge in [0.2, 0.25) is 0 Å². The third-order valence-electron chi connectivity index (χ3n) is 2.38. The Hall–Kier alpha value is -0.670. The Morgan fingerprint density at radius 3 is 2.06 bits per heavy atom. The number of hydrogen-bond donors (Lipinski definition) is 1. The van der Waals surface area contributed by atoms with Crippen LogP contribution < -0.4 is 5.73 Å². The van der Waals surface area contributed by atoms with Gasteiger partial charge in [0.15, 0.2) is 0 Å². The van der Waals surface area contributed by atoms with Gasteiger partial charge in [-0.3, -0.25) is 4.57 Å². The topological polar surface area (TPSA) is 61.5 Å². The molecule has 1 rings (SSSR count). The fourth-order valence-electron chi connectivity index (χ4n) is 1.50. The minimum atomic E-state index is -3.27. The van der Waals surface area contributed by atoms with Gasteiger partial charge in [-0.2, -0.15) is 0 Å². The average molecular weight is 257 g/mol. The van der Waals surface area contributed by atoms with Crippen molar-refractivity contribution in [1.29, 1.82) is 0 Å². The molecule has 0 spiro atoms. The lowest BCUT2D eigenvalue weighted by Crippen LogP contribution is -2.15. The summed E-state index contributed by atoms with van der Waals surface area (Å²) in [5, 5.41) is 0. The van der Waals surface area contributed by atoms with E-state index in [1.807, 2.05) is 31.2 Å². The first-order valence-corrected chi connectivity index (χ1v) is 7.35. The molecule has 0 fully saturated rings. The molecule has 0 radical (unpaired) electrons. The number of hydrogen-bond acceptors (Lipinski definition) is 4. The van der Waals surface area contributed by atoms with Crippen molar-refractivity contribution in [1.82, 2.24) is 0 Å². The van der Waals surface area contributed by atoms with Crippen LogP contribution in [0.2, 0.25) is 0 Å². The summed E-state index contributed by atoms with van der Waals surface area (Å²) in [5.74, 6) is -0.733. The van der Waals surface area contributed by atoms with E-state index in [1.165, 1.54) is 0 Å². The van der Waals surface area contributed by atoms with Crippen molar-refractivity contribution in [3.8, 4) is 0 Å². The first kappa shape index (κ1) is 14.4. The van der Waals surface area contributed by atoms with Crippen LogP contribution >= 0.6 is 7.60 Å². The molecule has 96 valence electrons. The molecule has 0 saturated carbocycles. The van der Waals surface area contributed by atoms with E-state index < -0.39 is 13.4 Å². The Kier molecular flexibility index (Phi) is 5.34. The van der Waals surface area contributed by atoms with Crippen LogP contribution in [-0.2, 0) is 13.6 Å². The van der Waals surface area contributed by atoms with Gasteiger partial charge in [-0.05, 0) is 26.3 Å². The van der Waals surface area contributed by atoms with Gasteiger partial charge in [-0.1, -0.05) is 29.8 Å². The van der Waals surface area contributed by atoms with Crippen molar-refractivity contribution in [3.05, 3.63) is 35.4 Å². The average Bonchev–Trinajstić information content (AvgIpc) is 2.30. The molecule has 0 saturated heterocycles. The largest absolute Gasteiger partial charge is 0.351 e. The number of aryl methyl sites for hydroxylation is 1. The molecular formula is C12H20NO3P. The van der Waals surface area contributed by atoms with Crippen molar-refractivity contribution in [3.63, 3.8) is 0 Å². The van der Waals surface area contributed by atoms with Crippen LogP contribution in [-0.4, -0.2) is 13.2 Å². The highest BCUT2D eigenvalue weighted by atomic mass is 31.2. The monoisotopic (exact) mass is 257 g/mol. The molecule has 0 heterocycles. The summed E-state index contributed by atoms with van der Waals surface area (Å²) >= 11 is 0. The third kappa shape index (κ3) is 3.65. The maximum absolute atomic E-state index is 12.4. The zero-order valence-electron chi connectivity index (χ0n) is 10.6. The van der Waals surface area contributed by atoms with Crippen molar-refractivity contribution >= 4 is 7.60 Å². The Labute approximate surface area is 103 Å². The quantitative estimate of drug-likeness (QED) is 0.795. The number of nitrogens with two attached hydrogens (primary N) is 1. The Morgan fingerprint density at radius 1 is 1.18 bits per heavy atom. The lowest BCUT2D eigenvalue weighted by Gasteiger charge is -2.23. The summed E-state index contributed by atoms with van der Waals surface area (Å²) in [4.78, 5) is 0. The number of rotatable bonds is 6. The fraction of sp³-hybridized carbons (Fsp3) is 0.500. The van der Waals surface area contributed by atoms with Gasteiger partial charge < -0.3 is 14.8 Å². The van der Waals surface area contributed by atoms with E-state index in [4.69, 9.17) is 14.8 Å². The normalized spacial score (nSPS) is 13.6. The van der Waals surface area contributed by atoms with Crippen LogP contribution in [0.3, 0.4) is 0 Å². The molecule has 0 bridgehead atoms. The van der Waals surface area contributed by atoms with Crippen LogP contribution in [0, 0.1) is 6.92 Å². The maximum atomic E-state index is 12.4. The lowest BCUT2D eigenvalue weighted by atomic mass is 10.1. The first-order chi connectivity index (χ1) is 8.03. The molecule has 1 unspecified atom stereocenters. The maximum Gasteiger partial charge on any atom is 0.351 e. The van der Waals surface area contributed by atoms with Crippen LogP contribution in [0.4, 0.5) is 0 Å². The van der Waals surface area contributed by atoms with E-state index in [0.29, 0.717) is 13.2 Å². The minimum absolute atomic E-state index is 0.316. The zero-order valence-corrected chi connectivity index (χ0v) is 11.4. The summed E-state index contributed by atoms with van der Waals surface area (Å²) in [6.07, 6.45) is 0. The molecular weight excluding hydrogens is 237 g/mol. The van der Waals surface area contributed by atoms with Gasteiger partial charge in [0.25, 0.3) is 0 Å². The van der Waals surface area contributed by atoms with E-state index in [9.17, 15) is 4.57 Å². The summed E-state index contributed by atoms with van der Waals surface area (Å²) in [6.45, 7) is 6.16. The van der Waals surface area contributed by atoms with Gasteiger partial charge in [0.05, 0.1) is 13.2 Å². The molecule has 1 aromatic carbocycles. The van der Waals surface area contributed by atoms with E-state index in [0.717, 1.165) is 11.1 Å². The molecule has 4 nitrogen and oxygen atoms in total. The predicted octanol–water partition coefficient (Wildman–Crippen LogP) is 3.22. The van der Waals surface area contributed by atoms with Crippen molar-refractivity contribution < 1.29 is 13.6 Å². The molecule has 0 aliphatic heterocycles. The highest BCUT2D eigenvalue weighted by Gasteiger charge is 2.33. The highest BCUT2D eigenvalue weighted by Crippen LogP contribution is 2.58. The molecule has 1 aromatic rings. The molecule has 0 aliphatic rings. The SMILES string of the molecule is CCOP(=O)(OCC)C(N)c1ccc(C)cc1. The van der Waals surface area contributed by atoms with E-state index >= 15 is 0 Å². The van der Waals surface area contributed by atoms with Crippen molar-refractivity contribution in [2.75, 3.05) is 13.2 Å². The summed E-state index contributed by atoms with van der Waals surface area (Å²) in [6, 6.07) is 7.56. The van der Waals surface area contributed by atoms with Gasteiger partial charge in [-0.15, -0.1) is 0 Å². The standard InChI is InChI=1S/C12H20NO3P/c1-4-15-17(14,16-5-2)12(13)11-8-6-10(3)7-9-11/h6-9,12H,4-5,13H2,1-3H3. The van der Waals surface area contributed by atoms with Crippen LogP contribution in [0.5, 0.6) is 0 Å².